The first kappa shape index (κ1) is 15.6. The van der Waals surface area contributed by atoms with Crippen LogP contribution in [-0.2, 0) is 14.9 Å². The highest BCUT2D eigenvalue weighted by Gasteiger charge is 2.31. The topological polar surface area (TPSA) is 26.3 Å². The normalized spacial score (nSPS) is 11.2. The SMILES string of the molecule is CCOC(=O)C(C)(C)c1ccc(-c2cccc(Cl)c2)cc1. The van der Waals surface area contributed by atoms with E-state index in [1.54, 1.807) is 0 Å². The van der Waals surface area contributed by atoms with E-state index in [4.69, 9.17) is 16.3 Å². The summed E-state index contributed by atoms with van der Waals surface area (Å²) < 4.78 is 5.14. The highest BCUT2D eigenvalue weighted by Crippen LogP contribution is 2.28. The summed E-state index contributed by atoms with van der Waals surface area (Å²) in [5.74, 6) is -0.208. The zero-order valence-electron chi connectivity index (χ0n) is 12.5. The average Bonchev–Trinajstić information content (AvgIpc) is 2.47. The van der Waals surface area contributed by atoms with Crippen LogP contribution in [0.25, 0.3) is 11.1 Å². The van der Waals surface area contributed by atoms with E-state index in [0.29, 0.717) is 11.6 Å². The second-order valence-corrected chi connectivity index (χ2v) is 5.87. The maximum atomic E-state index is 12.0. The van der Waals surface area contributed by atoms with Crippen LogP contribution in [0.3, 0.4) is 0 Å². The molecule has 0 spiro atoms. The summed E-state index contributed by atoms with van der Waals surface area (Å²) in [5.41, 5.74) is 2.42. The van der Waals surface area contributed by atoms with Gasteiger partial charge in [0.2, 0.25) is 0 Å². The molecule has 21 heavy (non-hydrogen) atoms. The van der Waals surface area contributed by atoms with E-state index in [0.717, 1.165) is 16.7 Å². The van der Waals surface area contributed by atoms with Crippen LogP contribution in [-0.4, -0.2) is 12.6 Å². The number of ether oxygens (including phenoxy) is 1. The van der Waals surface area contributed by atoms with Gasteiger partial charge < -0.3 is 4.74 Å². The molecule has 110 valence electrons. The number of carbonyl (C=O) groups excluding carboxylic acids is 1. The molecule has 2 nitrogen and oxygen atoms in total. The molecule has 0 radical (unpaired) electrons. The van der Waals surface area contributed by atoms with Crippen molar-refractivity contribution in [3.8, 4) is 11.1 Å². The van der Waals surface area contributed by atoms with Crippen LogP contribution >= 0.6 is 11.6 Å². The number of carbonyl (C=O) groups is 1. The van der Waals surface area contributed by atoms with Crippen molar-refractivity contribution < 1.29 is 9.53 Å². The van der Waals surface area contributed by atoms with Crippen molar-refractivity contribution in [3.63, 3.8) is 0 Å². The quantitative estimate of drug-likeness (QED) is 0.755. The van der Waals surface area contributed by atoms with Crippen LogP contribution in [0.5, 0.6) is 0 Å². The Morgan fingerprint density at radius 2 is 1.76 bits per heavy atom. The Labute approximate surface area is 130 Å². The predicted molar refractivity (Wildman–Crippen MR) is 86.5 cm³/mol. The van der Waals surface area contributed by atoms with Crippen molar-refractivity contribution in [1.82, 2.24) is 0 Å². The lowest BCUT2D eigenvalue weighted by Crippen LogP contribution is -2.31. The number of hydrogen-bond donors (Lipinski definition) is 0. The molecule has 0 unspecified atom stereocenters. The fraction of sp³-hybridized carbons (Fsp3) is 0.278. The van der Waals surface area contributed by atoms with Crippen LogP contribution in [0.2, 0.25) is 5.02 Å². The van der Waals surface area contributed by atoms with Crippen molar-refractivity contribution in [2.75, 3.05) is 6.61 Å². The van der Waals surface area contributed by atoms with Gasteiger partial charge in [0.15, 0.2) is 0 Å². The lowest BCUT2D eigenvalue weighted by molar-refractivity contribution is -0.148. The molecule has 0 atom stereocenters. The third-order valence-corrected chi connectivity index (χ3v) is 3.79. The van der Waals surface area contributed by atoms with E-state index in [1.165, 1.54) is 0 Å². The molecule has 0 aliphatic carbocycles. The fourth-order valence-electron chi connectivity index (χ4n) is 2.18. The summed E-state index contributed by atoms with van der Waals surface area (Å²) in [6.07, 6.45) is 0. The summed E-state index contributed by atoms with van der Waals surface area (Å²) in [4.78, 5) is 12.0. The Balaban J connectivity index is 2.29. The van der Waals surface area contributed by atoms with E-state index in [2.05, 4.69) is 0 Å². The van der Waals surface area contributed by atoms with Crippen LogP contribution in [0.4, 0.5) is 0 Å². The zero-order valence-corrected chi connectivity index (χ0v) is 13.3. The molecule has 2 aromatic rings. The molecule has 0 saturated carbocycles. The standard InChI is InChI=1S/C18H19ClO2/c1-4-21-17(20)18(2,3)15-10-8-13(9-11-15)14-6-5-7-16(19)12-14/h5-12H,4H2,1-3H3. The zero-order chi connectivity index (χ0) is 15.5. The maximum absolute atomic E-state index is 12.0. The Morgan fingerprint density at radius 1 is 1.10 bits per heavy atom. The van der Waals surface area contributed by atoms with Gasteiger partial charge in [0.1, 0.15) is 0 Å². The summed E-state index contributed by atoms with van der Waals surface area (Å²) in [7, 11) is 0. The van der Waals surface area contributed by atoms with E-state index in [1.807, 2.05) is 69.3 Å². The van der Waals surface area contributed by atoms with E-state index in [-0.39, 0.29) is 5.97 Å². The lowest BCUT2D eigenvalue weighted by Gasteiger charge is -2.23. The fourth-order valence-corrected chi connectivity index (χ4v) is 2.37. The van der Waals surface area contributed by atoms with Gasteiger partial charge in [-0.3, -0.25) is 4.79 Å². The average molecular weight is 303 g/mol. The number of benzene rings is 2. The van der Waals surface area contributed by atoms with Crippen molar-refractivity contribution in [3.05, 3.63) is 59.1 Å². The molecular weight excluding hydrogens is 284 g/mol. The molecule has 2 aromatic carbocycles. The Kier molecular flexibility index (Phi) is 4.69. The van der Waals surface area contributed by atoms with Crippen LogP contribution in [0, 0.1) is 0 Å². The molecule has 3 heteroatoms. The van der Waals surface area contributed by atoms with E-state index < -0.39 is 5.41 Å². The predicted octanol–water partition coefficient (Wildman–Crippen LogP) is 4.85. The smallest absolute Gasteiger partial charge is 0.315 e. The monoisotopic (exact) mass is 302 g/mol. The minimum absolute atomic E-state index is 0.208. The van der Waals surface area contributed by atoms with E-state index in [9.17, 15) is 4.79 Å². The van der Waals surface area contributed by atoms with Crippen molar-refractivity contribution in [1.29, 1.82) is 0 Å². The van der Waals surface area contributed by atoms with E-state index >= 15 is 0 Å². The minimum atomic E-state index is -0.650. The first-order valence-corrected chi connectivity index (χ1v) is 7.36. The van der Waals surface area contributed by atoms with Gasteiger partial charge >= 0.3 is 5.97 Å². The lowest BCUT2D eigenvalue weighted by atomic mass is 9.84. The summed E-state index contributed by atoms with van der Waals surface area (Å²) >= 11 is 6.01. The van der Waals surface area contributed by atoms with Crippen molar-refractivity contribution in [2.45, 2.75) is 26.2 Å². The number of rotatable bonds is 4. The molecule has 0 aliphatic heterocycles. The van der Waals surface area contributed by atoms with Gasteiger partial charge in [0, 0.05) is 5.02 Å². The number of hydrogen-bond acceptors (Lipinski definition) is 2. The maximum Gasteiger partial charge on any atom is 0.315 e. The first-order chi connectivity index (χ1) is 9.95. The molecule has 0 fully saturated rings. The van der Waals surface area contributed by atoms with Crippen molar-refractivity contribution >= 4 is 17.6 Å². The molecule has 0 saturated heterocycles. The van der Waals surface area contributed by atoms with Gasteiger partial charge in [0.25, 0.3) is 0 Å². The molecule has 0 aliphatic rings. The highest BCUT2D eigenvalue weighted by molar-refractivity contribution is 6.30. The Morgan fingerprint density at radius 3 is 2.33 bits per heavy atom. The molecule has 0 aromatic heterocycles. The van der Waals surface area contributed by atoms with Crippen LogP contribution < -0.4 is 0 Å². The summed E-state index contributed by atoms with van der Waals surface area (Å²) in [5, 5.41) is 0.712. The van der Waals surface area contributed by atoms with Crippen LogP contribution in [0.1, 0.15) is 26.3 Å². The summed E-state index contributed by atoms with van der Waals surface area (Å²) in [6.45, 7) is 5.96. The van der Waals surface area contributed by atoms with Crippen molar-refractivity contribution in [2.24, 2.45) is 0 Å². The number of esters is 1. The molecule has 0 N–H and O–H groups in total. The second kappa shape index (κ2) is 6.31. The Bertz CT molecular complexity index is 630. The molecule has 0 bridgehead atoms. The number of halogens is 1. The van der Waals surface area contributed by atoms with Gasteiger partial charge in [-0.1, -0.05) is 48.0 Å². The van der Waals surface area contributed by atoms with Crippen LogP contribution in [0.15, 0.2) is 48.5 Å². The van der Waals surface area contributed by atoms with Gasteiger partial charge in [-0.15, -0.1) is 0 Å². The first-order valence-electron chi connectivity index (χ1n) is 6.99. The molecule has 0 amide bonds. The van der Waals surface area contributed by atoms with Gasteiger partial charge in [0.05, 0.1) is 12.0 Å². The summed E-state index contributed by atoms with van der Waals surface area (Å²) in [6, 6.07) is 15.6. The second-order valence-electron chi connectivity index (χ2n) is 5.43. The van der Waals surface area contributed by atoms with Gasteiger partial charge in [-0.25, -0.2) is 0 Å². The molecule has 0 heterocycles. The molecule has 2 rings (SSSR count). The highest BCUT2D eigenvalue weighted by atomic mass is 35.5. The van der Waals surface area contributed by atoms with Gasteiger partial charge in [-0.05, 0) is 49.6 Å². The largest absolute Gasteiger partial charge is 0.465 e. The third kappa shape index (κ3) is 3.45. The third-order valence-electron chi connectivity index (χ3n) is 3.55. The van der Waals surface area contributed by atoms with Gasteiger partial charge in [-0.2, -0.15) is 0 Å². The minimum Gasteiger partial charge on any atom is -0.465 e. The molecular formula is C18H19ClO2. The Hall–Kier alpha value is -1.80.